The van der Waals surface area contributed by atoms with Crippen molar-refractivity contribution in [3.05, 3.63) is 70.5 Å². The summed E-state index contributed by atoms with van der Waals surface area (Å²) in [5.41, 5.74) is 3.87. The van der Waals surface area contributed by atoms with Crippen molar-refractivity contribution >= 4 is 11.5 Å². The van der Waals surface area contributed by atoms with Gasteiger partial charge in [0, 0.05) is 11.6 Å². The molecule has 0 bridgehead atoms. The normalized spacial score (nSPS) is 13.3. The average Bonchev–Trinajstić information content (AvgIpc) is 2.53. The molecule has 1 aliphatic carbocycles. The minimum absolute atomic E-state index is 0.243. The monoisotopic (exact) mass is 298 g/mol. The topological polar surface area (TPSA) is 46.5 Å². The predicted molar refractivity (Wildman–Crippen MR) is 81.8 cm³/mol. The molecule has 0 atom stereocenters. The van der Waals surface area contributed by atoms with E-state index in [4.69, 9.17) is 4.74 Å². The summed E-state index contributed by atoms with van der Waals surface area (Å²) in [5, 5.41) is 9.19. The molecule has 0 aromatic heterocycles. The minimum atomic E-state index is -0.959. The van der Waals surface area contributed by atoms with Crippen molar-refractivity contribution in [2.45, 2.75) is 12.8 Å². The van der Waals surface area contributed by atoms with E-state index in [0.29, 0.717) is 5.75 Å². The molecule has 0 fully saturated rings. The molecule has 112 valence electrons. The molecule has 1 aliphatic rings. The van der Waals surface area contributed by atoms with Gasteiger partial charge in [-0.3, -0.25) is 0 Å². The Bertz CT molecular complexity index is 778. The number of ether oxygens (including phenoxy) is 1. The van der Waals surface area contributed by atoms with Gasteiger partial charge in [-0.05, 0) is 53.8 Å². The summed E-state index contributed by atoms with van der Waals surface area (Å²) in [6, 6.07) is 9.53. The van der Waals surface area contributed by atoms with Crippen molar-refractivity contribution < 1.29 is 19.0 Å². The molecule has 0 amide bonds. The number of allylic oxidation sites excluding steroid dienone is 1. The maximum atomic E-state index is 13.4. The minimum Gasteiger partial charge on any atom is -0.496 e. The van der Waals surface area contributed by atoms with Crippen molar-refractivity contribution in [2.75, 3.05) is 7.11 Å². The van der Waals surface area contributed by atoms with E-state index in [-0.39, 0.29) is 11.4 Å². The Morgan fingerprint density at radius 3 is 2.73 bits per heavy atom. The van der Waals surface area contributed by atoms with E-state index in [1.807, 2.05) is 12.1 Å². The first kappa shape index (κ1) is 14.3. The zero-order valence-corrected chi connectivity index (χ0v) is 12.1. The number of methoxy groups -OCH3 is 1. The first-order valence-corrected chi connectivity index (χ1v) is 7.01. The lowest BCUT2D eigenvalue weighted by molar-refractivity contribution is 0.0697. The number of hydrogen-bond donors (Lipinski definition) is 1. The summed E-state index contributed by atoms with van der Waals surface area (Å²) in [6.07, 6.45) is 3.77. The van der Waals surface area contributed by atoms with E-state index in [1.54, 1.807) is 18.2 Å². The van der Waals surface area contributed by atoms with Gasteiger partial charge in [0.15, 0.2) is 0 Å². The van der Waals surface area contributed by atoms with Crippen LogP contribution in [0.1, 0.15) is 33.5 Å². The number of aromatic carboxylic acids is 1. The van der Waals surface area contributed by atoms with Gasteiger partial charge in [-0.15, -0.1) is 0 Å². The Morgan fingerprint density at radius 1 is 1.18 bits per heavy atom. The lowest BCUT2D eigenvalue weighted by Gasteiger charge is -2.20. The molecule has 0 radical (unpaired) electrons. The van der Waals surface area contributed by atoms with Gasteiger partial charge in [0.1, 0.15) is 11.6 Å². The quantitative estimate of drug-likeness (QED) is 0.934. The van der Waals surface area contributed by atoms with Crippen LogP contribution in [0.4, 0.5) is 4.39 Å². The van der Waals surface area contributed by atoms with E-state index in [2.05, 4.69) is 0 Å². The zero-order chi connectivity index (χ0) is 15.7. The highest BCUT2D eigenvalue weighted by Gasteiger charge is 2.19. The molecular formula is C18H15FO3. The fourth-order valence-electron chi connectivity index (χ4n) is 2.80. The number of carboxylic acids is 1. The van der Waals surface area contributed by atoms with Crippen LogP contribution in [-0.4, -0.2) is 18.2 Å². The molecule has 2 aromatic carbocycles. The van der Waals surface area contributed by atoms with E-state index >= 15 is 0 Å². The number of benzene rings is 2. The summed E-state index contributed by atoms with van der Waals surface area (Å²) in [6.45, 7) is 0. The molecule has 22 heavy (non-hydrogen) atoms. The van der Waals surface area contributed by atoms with Gasteiger partial charge in [-0.25, -0.2) is 9.18 Å². The molecule has 0 saturated heterocycles. The summed E-state index contributed by atoms with van der Waals surface area (Å²) in [5.74, 6) is -0.879. The summed E-state index contributed by atoms with van der Waals surface area (Å²) in [7, 11) is 1.50. The largest absolute Gasteiger partial charge is 0.496 e. The summed E-state index contributed by atoms with van der Waals surface area (Å²) < 4.78 is 18.7. The van der Waals surface area contributed by atoms with E-state index in [0.717, 1.165) is 35.1 Å². The summed E-state index contributed by atoms with van der Waals surface area (Å²) >= 11 is 0. The third kappa shape index (κ3) is 2.48. The molecule has 3 nitrogen and oxygen atoms in total. The van der Waals surface area contributed by atoms with Crippen LogP contribution < -0.4 is 4.74 Å². The van der Waals surface area contributed by atoms with Crippen molar-refractivity contribution in [3.63, 3.8) is 0 Å². The maximum absolute atomic E-state index is 13.4. The first-order valence-electron chi connectivity index (χ1n) is 7.01. The van der Waals surface area contributed by atoms with Crippen LogP contribution >= 0.6 is 0 Å². The van der Waals surface area contributed by atoms with Gasteiger partial charge in [0.2, 0.25) is 0 Å². The Hall–Kier alpha value is -2.62. The van der Waals surface area contributed by atoms with E-state index < -0.39 is 5.97 Å². The predicted octanol–water partition coefficient (Wildman–Crippen LogP) is 3.91. The molecule has 2 aromatic rings. The Labute approximate surface area is 127 Å². The fraction of sp³-hybridized carbons (Fsp3) is 0.167. The van der Waals surface area contributed by atoms with Gasteiger partial charge < -0.3 is 9.84 Å². The van der Waals surface area contributed by atoms with E-state index in [1.165, 1.54) is 19.2 Å². The van der Waals surface area contributed by atoms with Crippen molar-refractivity contribution in [1.29, 1.82) is 0 Å². The fourth-order valence-corrected chi connectivity index (χ4v) is 2.80. The van der Waals surface area contributed by atoms with E-state index in [9.17, 15) is 14.3 Å². The Morgan fingerprint density at radius 2 is 2.00 bits per heavy atom. The van der Waals surface area contributed by atoms with Gasteiger partial charge in [0.05, 0.1) is 12.7 Å². The maximum Gasteiger partial charge on any atom is 0.335 e. The highest BCUT2D eigenvalue weighted by Crippen LogP contribution is 2.37. The van der Waals surface area contributed by atoms with Crippen molar-refractivity contribution in [1.82, 2.24) is 0 Å². The molecule has 0 saturated carbocycles. The van der Waals surface area contributed by atoms with Crippen LogP contribution in [0.25, 0.3) is 5.57 Å². The molecule has 0 aliphatic heterocycles. The smallest absolute Gasteiger partial charge is 0.335 e. The number of rotatable bonds is 3. The third-order valence-corrected chi connectivity index (χ3v) is 3.86. The van der Waals surface area contributed by atoms with Gasteiger partial charge in [0.25, 0.3) is 0 Å². The Balaban J connectivity index is 2.16. The lowest BCUT2D eigenvalue weighted by atomic mass is 9.85. The molecule has 0 heterocycles. The molecule has 4 heteroatoms. The second-order valence-corrected chi connectivity index (χ2v) is 5.18. The van der Waals surface area contributed by atoms with Gasteiger partial charge in [-0.2, -0.15) is 0 Å². The molecule has 1 N–H and O–H groups in total. The summed E-state index contributed by atoms with van der Waals surface area (Å²) in [4.78, 5) is 11.2. The number of halogens is 1. The van der Waals surface area contributed by atoms with Crippen LogP contribution in [-0.2, 0) is 6.42 Å². The third-order valence-electron chi connectivity index (χ3n) is 3.86. The SMILES string of the molecule is COc1cc(F)ccc1C1=CCCc2ccc(C(=O)O)cc21. The van der Waals surface area contributed by atoms with Gasteiger partial charge >= 0.3 is 5.97 Å². The van der Waals surface area contributed by atoms with Crippen LogP contribution in [0.2, 0.25) is 0 Å². The Kier molecular flexibility index (Phi) is 3.67. The highest BCUT2D eigenvalue weighted by atomic mass is 19.1. The molecule has 3 rings (SSSR count). The molecule has 0 unspecified atom stereocenters. The average molecular weight is 298 g/mol. The second-order valence-electron chi connectivity index (χ2n) is 5.18. The highest BCUT2D eigenvalue weighted by molar-refractivity contribution is 5.92. The number of carbonyl (C=O) groups is 1. The van der Waals surface area contributed by atoms with Crippen molar-refractivity contribution in [2.24, 2.45) is 0 Å². The first-order chi connectivity index (χ1) is 10.6. The number of carboxylic acid groups (broad SMARTS) is 1. The van der Waals surface area contributed by atoms with Crippen LogP contribution in [0, 0.1) is 5.82 Å². The van der Waals surface area contributed by atoms with Crippen molar-refractivity contribution in [3.8, 4) is 5.75 Å². The number of fused-ring (bicyclic) bond motifs is 1. The number of hydrogen-bond acceptors (Lipinski definition) is 2. The zero-order valence-electron chi connectivity index (χ0n) is 12.1. The van der Waals surface area contributed by atoms with Crippen LogP contribution in [0.15, 0.2) is 42.5 Å². The lowest BCUT2D eigenvalue weighted by Crippen LogP contribution is -2.05. The molecular weight excluding hydrogens is 283 g/mol. The van der Waals surface area contributed by atoms with Gasteiger partial charge in [-0.1, -0.05) is 12.1 Å². The van der Waals surface area contributed by atoms with Crippen LogP contribution in [0.3, 0.4) is 0 Å². The number of aryl methyl sites for hydroxylation is 1. The second kappa shape index (κ2) is 5.64. The molecule has 0 spiro atoms. The van der Waals surface area contributed by atoms with Crippen LogP contribution in [0.5, 0.6) is 5.75 Å². The standard InChI is InChI=1S/C18H15FO3/c1-22-17-10-13(19)7-8-15(17)14-4-2-3-11-5-6-12(18(20)21)9-16(11)14/h4-10H,2-3H2,1H3,(H,20,21).